The molecule has 16 heavy (non-hydrogen) atoms. The number of rotatable bonds is 3. The maximum Gasteiger partial charge on any atom is 0.335 e. The summed E-state index contributed by atoms with van der Waals surface area (Å²) in [6.07, 6.45) is 0. The smallest absolute Gasteiger partial charge is 0.335 e. The molecule has 0 saturated carbocycles. The predicted molar refractivity (Wildman–Crippen MR) is 64.6 cm³/mol. The second-order valence-electron chi connectivity index (χ2n) is 3.36. The van der Waals surface area contributed by atoms with Gasteiger partial charge in [-0.1, -0.05) is 12.1 Å². The molecule has 0 saturated heterocycles. The fourth-order valence-electron chi connectivity index (χ4n) is 1.45. The van der Waals surface area contributed by atoms with Crippen LogP contribution >= 0.6 is 11.3 Å². The highest BCUT2D eigenvalue weighted by Gasteiger charge is 2.06. The van der Waals surface area contributed by atoms with Gasteiger partial charge in [0.05, 0.1) is 5.56 Å². The van der Waals surface area contributed by atoms with E-state index in [2.05, 4.69) is 0 Å². The molecular formula is C12H11NO2S. The van der Waals surface area contributed by atoms with Crippen LogP contribution in [0, 0.1) is 0 Å². The third-order valence-corrected chi connectivity index (χ3v) is 3.41. The lowest BCUT2D eigenvalue weighted by molar-refractivity contribution is 0.0697. The molecule has 2 rings (SSSR count). The van der Waals surface area contributed by atoms with Crippen molar-refractivity contribution < 1.29 is 9.90 Å². The first-order valence-electron chi connectivity index (χ1n) is 4.83. The van der Waals surface area contributed by atoms with E-state index in [1.165, 1.54) is 0 Å². The van der Waals surface area contributed by atoms with Crippen LogP contribution in [0.4, 0.5) is 0 Å². The van der Waals surface area contributed by atoms with Crippen molar-refractivity contribution in [3.8, 4) is 10.4 Å². The Hall–Kier alpha value is -1.65. The molecule has 0 aliphatic carbocycles. The first-order valence-corrected chi connectivity index (χ1v) is 5.65. The van der Waals surface area contributed by atoms with Gasteiger partial charge in [0.1, 0.15) is 0 Å². The molecule has 0 bridgehead atoms. The summed E-state index contributed by atoms with van der Waals surface area (Å²) in [5.41, 5.74) is 6.76. The van der Waals surface area contributed by atoms with E-state index >= 15 is 0 Å². The molecule has 0 amide bonds. The van der Waals surface area contributed by atoms with Gasteiger partial charge in [0, 0.05) is 16.3 Å². The highest BCUT2D eigenvalue weighted by Crippen LogP contribution is 2.28. The van der Waals surface area contributed by atoms with E-state index in [0.29, 0.717) is 12.1 Å². The minimum atomic E-state index is -0.905. The Morgan fingerprint density at radius 3 is 2.75 bits per heavy atom. The van der Waals surface area contributed by atoms with Gasteiger partial charge < -0.3 is 10.8 Å². The first kappa shape index (κ1) is 10.9. The highest BCUT2D eigenvalue weighted by molar-refractivity contribution is 7.15. The Balaban J connectivity index is 2.40. The van der Waals surface area contributed by atoms with Gasteiger partial charge in [-0.2, -0.15) is 0 Å². The molecule has 3 nitrogen and oxygen atoms in total. The van der Waals surface area contributed by atoms with E-state index < -0.39 is 5.97 Å². The molecule has 1 heterocycles. The lowest BCUT2D eigenvalue weighted by Crippen LogP contribution is -1.95. The number of nitrogens with two attached hydrogens (primary N) is 1. The maximum atomic E-state index is 10.8. The Morgan fingerprint density at radius 2 is 2.12 bits per heavy atom. The summed E-state index contributed by atoms with van der Waals surface area (Å²) in [5, 5.41) is 8.89. The lowest BCUT2D eigenvalue weighted by atomic mass is 10.1. The van der Waals surface area contributed by atoms with Crippen molar-refractivity contribution >= 4 is 17.3 Å². The second-order valence-corrected chi connectivity index (χ2v) is 4.52. The van der Waals surface area contributed by atoms with Crippen LogP contribution in [0.15, 0.2) is 36.4 Å². The quantitative estimate of drug-likeness (QED) is 0.856. The van der Waals surface area contributed by atoms with E-state index in [0.717, 1.165) is 15.3 Å². The van der Waals surface area contributed by atoms with Crippen molar-refractivity contribution in [1.82, 2.24) is 0 Å². The number of carbonyl (C=O) groups is 1. The largest absolute Gasteiger partial charge is 0.478 e. The first-order chi connectivity index (χ1) is 7.70. The molecule has 0 unspecified atom stereocenters. The maximum absolute atomic E-state index is 10.8. The highest BCUT2D eigenvalue weighted by atomic mass is 32.1. The zero-order valence-corrected chi connectivity index (χ0v) is 9.33. The summed E-state index contributed by atoms with van der Waals surface area (Å²) < 4.78 is 0. The van der Waals surface area contributed by atoms with E-state index in [4.69, 9.17) is 10.8 Å². The molecule has 1 aromatic carbocycles. The standard InChI is InChI=1S/C12H11NO2S/c13-7-10-4-5-11(16-10)8-2-1-3-9(6-8)12(14)15/h1-6H,7,13H2,(H,14,15). The Morgan fingerprint density at radius 1 is 1.31 bits per heavy atom. The van der Waals surface area contributed by atoms with Crippen LogP contribution in [0.2, 0.25) is 0 Å². The lowest BCUT2D eigenvalue weighted by Gasteiger charge is -1.99. The van der Waals surface area contributed by atoms with Gasteiger partial charge in [0.25, 0.3) is 0 Å². The van der Waals surface area contributed by atoms with Gasteiger partial charge in [-0.25, -0.2) is 4.79 Å². The zero-order valence-electron chi connectivity index (χ0n) is 8.51. The van der Waals surface area contributed by atoms with Crippen LogP contribution in [0.3, 0.4) is 0 Å². The summed E-state index contributed by atoms with van der Waals surface area (Å²) in [6, 6.07) is 10.8. The van der Waals surface area contributed by atoms with Crippen molar-refractivity contribution in [2.75, 3.05) is 0 Å². The number of thiophene rings is 1. The average molecular weight is 233 g/mol. The van der Waals surface area contributed by atoms with Crippen LogP contribution < -0.4 is 5.73 Å². The second kappa shape index (κ2) is 4.47. The summed E-state index contributed by atoms with van der Waals surface area (Å²) in [7, 11) is 0. The summed E-state index contributed by atoms with van der Waals surface area (Å²) >= 11 is 1.59. The fourth-order valence-corrected chi connectivity index (χ4v) is 2.33. The molecule has 2 aromatic rings. The molecule has 3 N–H and O–H groups in total. The van der Waals surface area contributed by atoms with Crippen LogP contribution in [0.1, 0.15) is 15.2 Å². The van der Waals surface area contributed by atoms with E-state index in [-0.39, 0.29) is 0 Å². The summed E-state index contributed by atoms with van der Waals surface area (Å²) in [4.78, 5) is 13.0. The number of hydrogen-bond donors (Lipinski definition) is 2. The van der Waals surface area contributed by atoms with Crippen LogP contribution in [0.25, 0.3) is 10.4 Å². The van der Waals surface area contributed by atoms with Gasteiger partial charge in [0.15, 0.2) is 0 Å². The summed E-state index contributed by atoms with van der Waals surface area (Å²) in [6.45, 7) is 0.517. The van der Waals surface area contributed by atoms with Gasteiger partial charge in [-0.3, -0.25) is 0 Å². The van der Waals surface area contributed by atoms with Crippen molar-refractivity contribution in [2.24, 2.45) is 5.73 Å². The SMILES string of the molecule is NCc1ccc(-c2cccc(C(=O)O)c2)s1. The van der Waals surface area contributed by atoms with E-state index in [1.54, 1.807) is 29.5 Å². The molecule has 1 aromatic heterocycles. The Labute approximate surface area is 97.2 Å². The van der Waals surface area contributed by atoms with Crippen molar-refractivity contribution in [1.29, 1.82) is 0 Å². The predicted octanol–water partition coefficient (Wildman–Crippen LogP) is 2.57. The minimum Gasteiger partial charge on any atom is -0.478 e. The topological polar surface area (TPSA) is 63.3 Å². The van der Waals surface area contributed by atoms with Gasteiger partial charge >= 0.3 is 5.97 Å². The third kappa shape index (κ3) is 2.13. The third-order valence-electron chi connectivity index (χ3n) is 2.26. The molecular weight excluding hydrogens is 222 g/mol. The molecule has 0 aliphatic heterocycles. The number of carboxylic acids is 1. The molecule has 0 atom stereocenters. The van der Waals surface area contributed by atoms with Crippen LogP contribution in [0.5, 0.6) is 0 Å². The fraction of sp³-hybridized carbons (Fsp3) is 0.0833. The van der Waals surface area contributed by atoms with Gasteiger partial charge in [-0.05, 0) is 29.8 Å². The van der Waals surface area contributed by atoms with E-state index in [9.17, 15) is 4.79 Å². The monoisotopic (exact) mass is 233 g/mol. The van der Waals surface area contributed by atoms with Crippen molar-refractivity contribution in [3.05, 3.63) is 46.8 Å². The van der Waals surface area contributed by atoms with Crippen LogP contribution in [-0.4, -0.2) is 11.1 Å². The molecule has 0 aliphatic rings. The number of carboxylic acid groups (broad SMARTS) is 1. The van der Waals surface area contributed by atoms with Crippen molar-refractivity contribution in [3.63, 3.8) is 0 Å². The molecule has 0 radical (unpaired) electrons. The van der Waals surface area contributed by atoms with Crippen LogP contribution in [-0.2, 0) is 6.54 Å². The molecule has 4 heteroatoms. The number of hydrogen-bond acceptors (Lipinski definition) is 3. The summed E-state index contributed by atoms with van der Waals surface area (Å²) in [5.74, 6) is -0.905. The van der Waals surface area contributed by atoms with Gasteiger partial charge in [-0.15, -0.1) is 11.3 Å². The molecule has 82 valence electrons. The Kier molecular flexibility index (Phi) is 3.03. The normalized spacial score (nSPS) is 10.3. The molecule has 0 spiro atoms. The number of benzene rings is 1. The average Bonchev–Trinajstić information content (AvgIpc) is 2.77. The Bertz CT molecular complexity index is 519. The van der Waals surface area contributed by atoms with Crippen molar-refractivity contribution in [2.45, 2.75) is 6.54 Å². The number of aromatic carboxylic acids is 1. The minimum absolute atomic E-state index is 0.306. The zero-order chi connectivity index (χ0) is 11.5. The molecule has 0 fully saturated rings. The van der Waals surface area contributed by atoms with E-state index in [1.807, 2.05) is 18.2 Å². The van der Waals surface area contributed by atoms with Gasteiger partial charge in [0.2, 0.25) is 0 Å².